The van der Waals surface area contributed by atoms with Gasteiger partial charge in [-0.05, 0) is 139 Å². The summed E-state index contributed by atoms with van der Waals surface area (Å²) in [6.45, 7) is 15.4. The SMILES string of the molecule is C=C/C=C(\C=C/C/C(=C/C)CC1C=C(C=C)C(C)(CC)Cc2ccccc21)N(c1ccc(C2=CC=CCC=C2)cc1)c1ccc(C2=C=C/C=C\C/C=C\2)cc1C1C=C/C=C\C/C=C\1. The van der Waals surface area contributed by atoms with E-state index in [0.29, 0.717) is 0 Å². The third kappa shape index (κ3) is 11.1. The van der Waals surface area contributed by atoms with Gasteiger partial charge in [-0.3, -0.25) is 0 Å². The standard InChI is InChI=1S/C62H63N/c1-6-27-57(36-26-28-48(7-2)44-55-45-56(8-3)62(5,9-4)47-54-35-24-25-37-59(54)55)63(58-41-38-51(39-42-58)49-29-20-16-17-21-30-49)61-43-40-53(50-31-18-12-10-13-19-32-50)46-60(61)52-33-22-14-11-15-23-34-52/h6-8,10-12,14,16,18-27,29-30,32-43,45-46,52,55H,1,3,9,13,15,17,28,44,47H2,2,4-5H3/b12-10-,14-11-,32-19-,33-22?,34-23-,36-26-,48-7-,57-27+. The maximum Gasteiger partial charge on any atom is 0.0503 e. The van der Waals surface area contributed by atoms with E-state index in [0.717, 1.165) is 73.2 Å². The molecule has 0 aromatic heterocycles. The van der Waals surface area contributed by atoms with Crippen LogP contribution in [0.3, 0.4) is 0 Å². The van der Waals surface area contributed by atoms with Crippen molar-refractivity contribution in [3.8, 4) is 0 Å². The Morgan fingerprint density at radius 3 is 2.41 bits per heavy atom. The highest BCUT2D eigenvalue weighted by molar-refractivity contribution is 5.82. The number of allylic oxidation sites excluding steroid dienone is 26. The van der Waals surface area contributed by atoms with E-state index < -0.39 is 0 Å². The van der Waals surface area contributed by atoms with Gasteiger partial charge in [0.15, 0.2) is 0 Å². The smallest absolute Gasteiger partial charge is 0.0503 e. The first kappa shape index (κ1) is 44.4. The lowest BCUT2D eigenvalue weighted by Gasteiger charge is -2.30. The van der Waals surface area contributed by atoms with Crippen LogP contribution in [0, 0.1) is 5.41 Å². The molecule has 3 unspecified atom stereocenters. The largest absolute Gasteiger partial charge is 0.310 e. The molecule has 0 heterocycles. The van der Waals surface area contributed by atoms with Gasteiger partial charge in [0.05, 0.1) is 5.69 Å². The number of hydrogen-bond acceptors (Lipinski definition) is 1. The Balaban J connectivity index is 1.31. The molecule has 1 nitrogen and oxygen atoms in total. The maximum absolute atomic E-state index is 4.29. The number of fused-ring (bicyclic) bond motifs is 1. The highest BCUT2D eigenvalue weighted by atomic mass is 15.1. The zero-order valence-electron chi connectivity index (χ0n) is 37.6. The summed E-state index contributed by atoms with van der Waals surface area (Å²) in [5.41, 5.74) is 18.3. The fourth-order valence-electron chi connectivity index (χ4n) is 9.04. The normalized spacial score (nSPS) is 23.1. The van der Waals surface area contributed by atoms with Gasteiger partial charge in [-0.25, -0.2) is 0 Å². The zero-order chi connectivity index (χ0) is 43.9. The fourth-order valence-corrected chi connectivity index (χ4v) is 9.04. The monoisotopic (exact) mass is 821 g/mol. The van der Waals surface area contributed by atoms with Crippen molar-refractivity contribution in [3.63, 3.8) is 0 Å². The summed E-state index contributed by atoms with van der Waals surface area (Å²) in [5.74, 6) is 0.333. The van der Waals surface area contributed by atoms with Crippen molar-refractivity contribution >= 4 is 22.5 Å². The van der Waals surface area contributed by atoms with E-state index in [2.05, 4.69) is 239 Å². The Bertz CT molecular complexity index is 2590. The second-order valence-corrected chi connectivity index (χ2v) is 16.9. The fraction of sp³-hybridized carbons (Fsp3) is 0.210. The van der Waals surface area contributed by atoms with Crippen molar-refractivity contribution in [1.82, 2.24) is 0 Å². The molecule has 0 amide bonds. The third-order valence-electron chi connectivity index (χ3n) is 12.8. The Kier molecular flexibility index (Phi) is 15.4. The summed E-state index contributed by atoms with van der Waals surface area (Å²) in [5, 5.41) is 0. The highest BCUT2D eigenvalue weighted by Gasteiger charge is 2.32. The third-order valence-corrected chi connectivity index (χ3v) is 12.8. The van der Waals surface area contributed by atoms with Crippen molar-refractivity contribution in [2.24, 2.45) is 5.41 Å². The van der Waals surface area contributed by atoms with Crippen molar-refractivity contribution < 1.29 is 0 Å². The van der Waals surface area contributed by atoms with Gasteiger partial charge in [0.25, 0.3) is 0 Å². The molecule has 1 heteroatoms. The van der Waals surface area contributed by atoms with Gasteiger partial charge in [0.1, 0.15) is 0 Å². The van der Waals surface area contributed by atoms with E-state index in [-0.39, 0.29) is 17.3 Å². The molecule has 63 heavy (non-hydrogen) atoms. The lowest BCUT2D eigenvalue weighted by atomic mass is 9.75. The van der Waals surface area contributed by atoms with Gasteiger partial charge in [0.2, 0.25) is 0 Å². The van der Waals surface area contributed by atoms with Crippen LogP contribution in [0.1, 0.15) is 98.9 Å². The van der Waals surface area contributed by atoms with Gasteiger partial charge in [0, 0.05) is 28.8 Å². The molecule has 7 rings (SSSR count). The quantitative estimate of drug-likeness (QED) is 0.0889. The summed E-state index contributed by atoms with van der Waals surface area (Å²) in [6, 6.07) is 25.0. The minimum absolute atomic E-state index is 0.0517. The molecule has 4 aliphatic rings. The second-order valence-electron chi connectivity index (χ2n) is 16.9. The molecule has 0 fully saturated rings. The van der Waals surface area contributed by atoms with Crippen LogP contribution in [-0.4, -0.2) is 0 Å². The zero-order valence-corrected chi connectivity index (χ0v) is 37.6. The summed E-state index contributed by atoms with van der Waals surface area (Å²) >= 11 is 0. The van der Waals surface area contributed by atoms with Crippen molar-refractivity contribution in [2.75, 3.05) is 4.90 Å². The average Bonchev–Trinajstić information content (AvgIpc) is 3.63. The second kappa shape index (κ2) is 21.9. The Labute approximate surface area is 378 Å². The Hall–Kier alpha value is -6.66. The molecule has 0 aliphatic heterocycles. The molecule has 0 spiro atoms. The Morgan fingerprint density at radius 1 is 0.825 bits per heavy atom. The van der Waals surface area contributed by atoms with E-state index in [1.165, 1.54) is 39.0 Å². The first-order valence-corrected chi connectivity index (χ1v) is 22.9. The molecule has 3 atom stereocenters. The van der Waals surface area contributed by atoms with Crippen LogP contribution >= 0.6 is 0 Å². The summed E-state index contributed by atoms with van der Waals surface area (Å²) in [7, 11) is 0. The first-order chi connectivity index (χ1) is 30.9. The van der Waals surface area contributed by atoms with Crippen LogP contribution in [0.25, 0.3) is 11.1 Å². The molecule has 0 saturated carbocycles. The summed E-state index contributed by atoms with van der Waals surface area (Å²) < 4.78 is 0. The number of rotatable bonds is 14. The van der Waals surface area contributed by atoms with E-state index in [9.17, 15) is 0 Å². The van der Waals surface area contributed by atoms with Gasteiger partial charge in [-0.15, -0.1) is 5.73 Å². The molecule has 4 aliphatic carbocycles. The van der Waals surface area contributed by atoms with Crippen LogP contribution in [0.5, 0.6) is 0 Å². The maximum atomic E-state index is 4.29. The minimum atomic E-state index is 0.0517. The number of anilines is 2. The predicted octanol–water partition coefficient (Wildman–Crippen LogP) is 17.2. The number of hydrogen-bond donors (Lipinski definition) is 0. The molecule has 0 radical (unpaired) electrons. The lowest BCUT2D eigenvalue weighted by Crippen LogP contribution is -2.20. The topological polar surface area (TPSA) is 3.24 Å². The molecule has 0 N–H and O–H groups in total. The van der Waals surface area contributed by atoms with Crippen LogP contribution in [0.2, 0.25) is 0 Å². The van der Waals surface area contributed by atoms with Crippen molar-refractivity contribution in [1.29, 1.82) is 0 Å². The molecule has 3 aromatic carbocycles. The predicted molar refractivity (Wildman–Crippen MR) is 275 cm³/mol. The molecular weight excluding hydrogens is 759 g/mol. The Morgan fingerprint density at radius 2 is 1.60 bits per heavy atom. The van der Waals surface area contributed by atoms with Crippen LogP contribution in [0.15, 0.2) is 242 Å². The van der Waals surface area contributed by atoms with E-state index in [1.807, 2.05) is 12.2 Å². The van der Waals surface area contributed by atoms with E-state index in [1.54, 1.807) is 0 Å². The van der Waals surface area contributed by atoms with Gasteiger partial charge < -0.3 is 4.90 Å². The number of nitrogens with zero attached hydrogens (tertiary/aromatic N) is 1. The van der Waals surface area contributed by atoms with Gasteiger partial charge in [-0.2, -0.15) is 0 Å². The molecule has 316 valence electrons. The van der Waals surface area contributed by atoms with Crippen LogP contribution < -0.4 is 4.90 Å². The summed E-state index contributed by atoms with van der Waals surface area (Å²) in [4.78, 5) is 2.41. The van der Waals surface area contributed by atoms with Gasteiger partial charge >= 0.3 is 0 Å². The highest BCUT2D eigenvalue weighted by Crippen LogP contribution is 2.45. The first-order valence-electron chi connectivity index (χ1n) is 22.9. The van der Waals surface area contributed by atoms with Crippen molar-refractivity contribution in [2.45, 2.75) is 77.6 Å². The lowest BCUT2D eigenvalue weighted by molar-refractivity contribution is 0.390. The van der Waals surface area contributed by atoms with E-state index >= 15 is 0 Å². The average molecular weight is 822 g/mol. The molecule has 3 aromatic rings. The van der Waals surface area contributed by atoms with Crippen LogP contribution in [-0.2, 0) is 6.42 Å². The van der Waals surface area contributed by atoms with Crippen molar-refractivity contribution in [3.05, 3.63) is 270 Å². The van der Waals surface area contributed by atoms with E-state index in [4.69, 9.17) is 0 Å². The van der Waals surface area contributed by atoms with Gasteiger partial charge in [-0.1, -0.05) is 197 Å². The molecule has 0 saturated heterocycles. The summed E-state index contributed by atoms with van der Waals surface area (Å²) in [6.07, 6.45) is 57.4. The number of benzene rings is 3. The minimum Gasteiger partial charge on any atom is -0.310 e. The van der Waals surface area contributed by atoms with Crippen LogP contribution in [0.4, 0.5) is 11.4 Å². The molecular formula is C62H63N. The molecule has 0 bridgehead atoms.